The molecule has 0 aliphatic heterocycles. The van der Waals surface area contributed by atoms with Gasteiger partial charge in [-0.1, -0.05) is 59.1 Å². The quantitative estimate of drug-likeness (QED) is 0.488. The lowest BCUT2D eigenvalue weighted by Crippen LogP contribution is -2.14. The number of hydrogen-bond acceptors (Lipinski definition) is 4. The highest BCUT2D eigenvalue weighted by atomic mass is 35.5. The van der Waals surface area contributed by atoms with Gasteiger partial charge in [-0.2, -0.15) is 5.10 Å². The highest BCUT2D eigenvalue weighted by molar-refractivity contribution is 6.42. The van der Waals surface area contributed by atoms with E-state index in [0.717, 1.165) is 16.7 Å². The largest absolute Gasteiger partial charge is 0.288 e. The molecule has 2 aromatic carbocycles. The molecule has 0 aliphatic carbocycles. The van der Waals surface area contributed by atoms with Gasteiger partial charge in [0.1, 0.15) is 12.0 Å². The number of hydrogen-bond donors (Lipinski definition) is 2. The monoisotopic (exact) mass is 426 g/mol. The van der Waals surface area contributed by atoms with Crippen molar-refractivity contribution < 1.29 is 4.79 Å². The Labute approximate surface area is 176 Å². The standard InChI is InChI=1S/C20H16Cl2N6O/c1-12-2-5-14(6-3-12)17-9-18(26-25-17)19(29)24-20-23-11-28(27-20)10-13-4-7-15(21)16(22)8-13/h2-9,11H,10H2,1H3,(H,25,26)(H,24,27,29). The van der Waals surface area contributed by atoms with Crippen molar-refractivity contribution in [2.75, 3.05) is 5.32 Å². The number of rotatable bonds is 5. The normalized spacial score (nSPS) is 10.9. The zero-order valence-corrected chi connectivity index (χ0v) is 16.9. The summed E-state index contributed by atoms with van der Waals surface area (Å²) < 4.78 is 1.60. The molecule has 2 heterocycles. The molecule has 2 aromatic heterocycles. The van der Waals surface area contributed by atoms with E-state index in [1.807, 2.05) is 37.3 Å². The van der Waals surface area contributed by atoms with Crippen LogP contribution in [0.2, 0.25) is 10.0 Å². The van der Waals surface area contributed by atoms with Crippen molar-refractivity contribution in [2.24, 2.45) is 0 Å². The van der Waals surface area contributed by atoms with Gasteiger partial charge >= 0.3 is 0 Å². The molecule has 29 heavy (non-hydrogen) atoms. The van der Waals surface area contributed by atoms with Crippen molar-refractivity contribution in [3.05, 3.63) is 81.7 Å². The summed E-state index contributed by atoms with van der Waals surface area (Å²) in [4.78, 5) is 16.6. The zero-order valence-electron chi connectivity index (χ0n) is 15.4. The number of aromatic nitrogens is 5. The van der Waals surface area contributed by atoms with Crippen LogP contribution in [0.4, 0.5) is 5.95 Å². The maximum absolute atomic E-state index is 12.5. The second-order valence-electron chi connectivity index (χ2n) is 6.50. The second kappa shape index (κ2) is 8.06. The van der Waals surface area contributed by atoms with Crippen molar-refractivity contribution >= 4 is 35.1 Å². The first-order valence-corrected chi connectivity index (χ1v) is 9.51. The predicted molar refractivity (Wildman–Crippen MR) is 112 cm³/mol. The average molecular weight is 427 g/mol. The zero-order chi connectivity index (χ0) is 20.4. The molecule has 0 unspecified atom stereocenters. The minimum absolute atomic E-state index is 0.196. The Morgan fingerprint density at radius 2 is 1.90 bits per heavy atom. The minimum atomic E-state index is -0.372. The summed E-state index contributed by atoms with van der Waals surface area (Å²) in [6.07, 6.45) is 1.53. The molecule has 0 saturated heterocycles. The molecule has 0 bridgehead atoms. The average Bonchev–Trinajstić information content (AvgIpc) is 3.35. The van der Waals surface area contributed by atoms with Gasteiger partial charge < -0.3 is 0 Å². The van der Waals surface area contributed by atoms with E-state index in [-0.39, 0.29) is 11.9 Å². The maximum Gasteiger partial charge on any atom is 0.276 e. The maximum atomic E-state index is 12.5. The summed E-state index contributed by atoms with van der Waals surface area (Å²) in [5, 5.41) is 14.8. The fourth-order valence-corrected chi connectivity index (χ4v) is 3.05. The van der Waals surface area contributed by atoms with E-state index in [0.29, 0.717) is 28.0 Å². The van der Waals surface area contributed by atoms with E-state index in [1.54, 1.807) is 22.9 Å². The number of amides is 1. The van der Waals surface area contributed by atoms with Crippen LogP contribution < -0.4 is 5.32 Å². The molecule has 9 heteroatoms. The van der Waals surface area contributed by atoms with Crippen molar-refractivity contribution in [1.82, 2.24) is 25.0 Å². The first-order valence-electron chi connectivity index (χ1n) is 8.75. The van der Waals surface area contributed by atoms with Crippen molar-refractivity contribution in [3.63, 3.8) is 0 Å². The molecule has 0 saturated carbocycles. The third-order valence-corrected chi connectivity index (χ3v) is 5.00. The number of H-pyrrole nitrogens is 1. The fourth-order valence-electron chi connectivity index (χ4n) is 2.73. The topological polar surface area (TPSA) is 88.5 Å². The van der Waals surface area contributed by atoms with Crippen LogP contribution in [0.15, 0.2) is 54.9 Å². The molecule has 7 nitrogen and oxygen atoms in total. The van der Waals surface area contributed by atoms with E-state index >= 15 is 0 Å². The van der Waals surface area contributed by atoms with E-state index in [4.69, 9.17) is 23.2 Å². The van der Waals surface area contributed by atoms with Gasteiger partial charge in [0.15, 0.2) is 0 Å². The fraction of sp³-hybridized carbons (Fsp3) is 0.100. The smallest absolute Gasteiger partial charge is 0.276 e. The number of aryl methyl sites for hydroxylation is 1. The molecular weight excluding hydrogens is 411 g/mol. The number of nitrogens with one attached hydrogen (secondary N) is 2. The Hall–Kier alpha value is -3.16. The first kappa shape index (κ1) is 19.2. The summed E-state index contributed by atoms with van der Waals surface area (Å²) in [6, 6.07) is 14.9. The van der Waals surface area contributed by atoms with Crippen LogP contribution in [-0.2, 0) is 6.54 Å². The molecule has 146 valence electrons. The molecule has 4 rings (SSSR count). The van der Waals surface area contributed by atoms with Gasteiger partial charge in [0.25, 0.3) is 5.91 Å². The predicted octanol–water partition coefficient (Wildman–Crippen LogP) is 4.58. The molecule has 4 aromatic rings. The Balaban J connectivity index is 1.42. The number of aromatic amines is 1. The number of anilines is 1. The number of carbonyl (C=O) groups is 1. The Kier molecular flexibility index (Phi) is 5.33. The number of benzene rings is 2. The molecule has 0 fully saturated rings. The van der Waals surface area contributed by atoms with Gasteiger partial charge in [-0.3, -0.25) is 15.2 Å². The van der Waals surface area contributed by atoms with Gasteiger partial charge in [0.05, 0.1) is 22.3 Å². The van der Waals surface area contributed by atoms with Gasteiger partial charge in [-0.15, -0.1) is 5.10 Å². The van der Waals surface area contributed by atoms with Crippen molar-refractivity contribution in [3.8, 4) is 11.3 Å². The highest BCUT2D eigenvalue weighted by Crippen LogP contribution is 2.23. The lowest BCUT2D eigenvalue weighted by atomic mass is 10.1. The van der Waals surface area contributed by atoms with Crippen LogP contribution in [0, 0.1) is 6.92 Å². The minimum Gasteiger partial charge on any atom is -0.288 e. The third kappa shape index (κ3) is 4.47. The molecule has 0 radical (unpaired) electrons. The van der Waals surface area contributed by atoms with Gasteiger partial charge in [-0.05, 0) is 30.7 Å². The van der Waals surface area contributed by atoms with Gasteiger partial charge in [-0.25, -0.2) is 9.67 Å². The molecule has 0 atom stereocenters. The van der Waals surface area contributed by atoms with E-state index in [2.05, 4.69) is 25.6 Å². The number of carbonyl (C=O) groups excluding carboxylic acids is 1. The van der Waals surface area contributed by atoms with Crippen molar-refractivity contribution in [2.45, 2.75) is 13.5 Å². The summed E-state index contributed by atoms with van der Waals surface area (Å²) in [7, 11) is 0. The SMILES string of the molecule is Cc1ccc(-c2cc(C(=O)Nc3ncn(Cc4ccc(Cl)c(Cl)c4)n3)[nH]n2)cc1. The Morgan fingerprint density at radius 1 is 1.10 bits per heavy atom. The summed E-state index contributed by atoms with van der Waals surface area (Å²) in [5.74, 6) is -0.176. The van der Waals surface area contributed by atoms with E-state index in [1.165, 1.54) is 6.33 Å². The van der Waals surface area contributed by atoms with Crippen molar-refractivity contribution in [1.29, 1.82) is 0 Å². The Bertz CT molecular complexity index is 1170. The van der Waals surface area contributed by atoms with Gasteiger partial charge in [0, 0.05) is 5.56 Å². The van der Waals surface area contributed by atoms with Crippen LogP contribution in [-0.4, -0.2) is 30.9 Å². The molecule has 2 N–H and O–H groups in total. The van der Waals surface area contributed by atoms with E-state index < -0.39 is 0 Å². The lowest BCUT2D eigenvalue weighted by molar-refractivity contribution is 0.102. The van der Waals surface area contributed by atoms with E-state index in [9.17, 15) is 4.79 Å². The van der Waals surface area contributed by atoms with Crippen LogP contribution in [0.5, 0.6) is 0 Å². The highest BCUT2D eigenvalue weighted by Gasteiger charge is 2.13. The van der Waals surface area contributed by atoms with Crippen LogP contribution in [0.3, 0.4) is 0 Å². The summed E-state index contributed by atoms with van der Waals surface area (Å²) >= 11 is 12.0. The molecular formula is C20H16Cl2N6O. The first-order chi connectivity index (χ1) is 14.0. The van der Waals surface area contributed by atoms with Crippen LogP contribution in [0.1, 0.15) is 21.6 Å². The third-order valence-electron chi connectivity index (χ3n) is 4.26. The van der Waals surface area contributed by atoms with Gasteiger partial charge in [0.2, 0.25) is 5.95 Å². The summed E-state index contributed by atoms with van der Waals surface area (Å²) in [6.45, 7) is 2.46. The molecule has 0 spiro atoms. The lowest BCUT2D eigenvalue weighted by Gasteiger charge is -2.03. The van der Waals surface area contributed by atoms with Crippen LogP contribution >= 0.6 is 23.2 Å². The Morgan fingerprint density at radius 3 is 2.66 bits per heavy atom. The second-order valence-corrected chi connectivity index (χ2v) is 7.32. The molecule has 1 amide bonds. The number of nitrogens with zero attached hydrogens (tertiary/aromatic N) is 4. The van der Waals surface area contributed by atoms with Crippen LogP contribution in [0.25, 0.3) is 11.3 Å². The molecule has 0 aliphatic rings. The number of halogens is 2. The summed E-state index contributed by atoms with van der Waals surface area (Å²) in [5.41, 5.74) is 4.01.